The number of hydrogen-bond donors (Lipinski definition) is 1. The second-order valence-electron chi connectivity index (χ2n) is 4.28. The number of benzene rings is 1. The van der Waals surface area contributed by atoms with Gasteiger partial charge in [0.1, 0.15) is 6.61 Å². The normalized spacial score (nSPS) is 13.7. The van der Waals surface area contributed by atoms with Gasteiger partial charge in [0.05, 0.1) is 21.0 Å². The third-order valence-corrected chi connectivity index (χ3v) is 5.23. The first kappa shape index (κ1) is 16.2. The van der Waals surface area contributed by atoms with Crippen LogP contribution < -0.4 is 5.73 Å². The molecule has 0 saturated carbocycles. The van der Waals surface area contributed by atoms with Gasteiger partial charge >= 0.3 is 6.18 Å². The highest BCUT2D eigenvalue weighted by atomic mass is 32.2. The maximum atomic E-state index is 12.0. The van der Waals surface area contributed by atoms with Crippen molar-refractivity contribution in [1.82, 2.24) is 4.98 Å². The zero-order valence-corrected chi connectivity index (χ0v) is 12.5. The Morgan fingerprint density at radius 2 is 2.14 bits per heavy atom. The molecule has 0 aliphatic heterocycles. The van der Waals surface area contributed by atoms with E-state index in [1.165, 1.54) is 11.3 Å². The van der Waals surface area contributed by atoms with Crippen molar-refractivity contribution in [3.63, 3.8) is 0 Å². The Hall–Kier alpha value is -1.19. The number of ether oxygens (including phenoxy) is 1. The van der Waals surface area contributed by atoms with Gasteiger partial charge in [0.15, 0.2) is 4.34 Å². The number of rotatable bonds is 6. The van der Waals surface area contributed by atoms with E-state index in [9.17, 15) is 17.4 Å². The average molecular weight is 338 g/mol. The summed E-state index contributed by atoms with van der Waals surface area (Å²) in [6.07, 6.45) is -4.05. The predicted octanol–water partition coefficient (Wildman–Crippen LogP) is 2.96. The summed E-state index contributed by atoms with van der Waals surface area (Å²) in [6.45, 7) is -1.36. The van der Waals surface area contributed by atoms with E-state index in [1.807, 2.05) is 0 Å². The molecule has 0 aliphatic rings. The summed E-state index contributed by atoms with van der Waals surface area (Å²) in [5.74, 6) is 0.215. The van der Waals surface area contributed by atoms with Gasteiger partial charge in [-0.3, -0.25) is 4.21 Å². The second kappa shape index (κ2) is 6.71. The van der Waals surface area contributed by atoms with Crippen LogP contribution in [0.3, 0.4) is 0 Å². The summed E-state index contributed by atoms with van der Waals surface area (Å²) < 4.78 is 53.3. The summed E-state index contributed by atoms with van der Waals surface area (Å²) in [4.78, 5) is 4.23. The van der Waals surface area contributed by atoms with Crippen molar-refractivity contribution in [2.45, 2.75) is 16.9 Å². The number of nitrogens with zero attached hydrogens (tertiary/aromatic N) is 1. The lowest BCUT2D eigenvalue weighted by Gasteiger charge is -2.06. The molecule has 2 aromatic rings. The Labute approximate surface area is 125 Å². The molecule has 0 amide bonds. The molecule has 9 heteroatoms. The lowest BCUT2D eigenvalue weighted by Crippen LogP contribution is -2.17. The first-order valence-corrected chi connectivity index (χ1v) is 8.17. The average Bonchev–Trinajstić information content (AvgIpc) is 2.79. The van der Waals surface area contributed by atoms with E-state index in [0.717, 1.165) is 4.70 Å². The number of fused-ring (bicyclic) bond motifs is 1. The molecule has 2 N–H and O–H groups in total. The van der Waals surface area contributed by atoms with Crippen molar-refractivity contribution in [2.75, 3.05) is 24.7 Å². The minimum absolute atomic E-state index is 0.0803. The quantitative estimate of drug-likeness (QED) is 0.650. The van der Waals surface area contributed by atoms with E-state index in [4.69, 9.17) is 5.73 Å². The van der Waals surface area contributed by atoms with Crippen LogP contribution >= 0.6 is 11.3 Å². The molecule has 1 heterocycles. The first-order chi connectivity index (χ1) is 9.85. The highest BCUT2D eigenvalue weighted by Crippen LogP contribution is 2.26. The maximum Gasteiger partial charge on any atom is 0.411 e. The molecule has 1 unspecified atom stereocenters. The van der Waals surface area contributed by atoms with Crippen LogP contribution in [0.25, 0.3) is 10.2 Å². The number of nitrogens with two attached hydrogens (primary N) is 1. The lowest BCUT2D eigenvalue weighted by molar-refractivity contribution is -0.173. The minimum atomic E-state index is -4.33. The molecule has 1 aromatic heterocycles. The van der Waals surface area contributed by atoms with Crippen molar-refractivity contribution < 1.29 is 22.1 Å². The monoisotopic (exact) mass is 338 g/mol. The van der Waals surface area contributed by atoms with Gasteiger partial charge in [-0.25, -0.2) is 4.98 Å². The van der Waals surface area contributed by atoms with Crippen LogP contribution in [-0.2, 0) is 15.5 Å². The Morgan fingerprint density at radius 3 is 2.86 bits per heavy atom. The molecule has 0 radical (unpaired) electrons. The van der Waals surface area contributed by atoms with Crippen molar-refractivity contribution in [2.24, 2.45) is 0 Å². The van der Waals surface area contributed by atoms with Crippen LogP contribution in [0.2, 0.25) is 0 Å². The van der Waals surface area contributed by atoms with Gasteiger partial charge in [0, 0.05) is 18.0 Å². The molecule has 2 rings (SSSR count). The van der Waals surface area contributed by atoms with Gasteiger partial charge in [-0.2, -0.15) is 13.2 Å². The van der Waals surface area contributed by atoms with E-state index in [-0.39, 0.29) is 18.8 Å². The number of nitrogen functional groups attached to an aromatic ring is 1. The van der Waals surface area contributed by atoms with Crippen LogP contribution in [0.5, 0.6) is 0 Å². The van der Waals surface area contributed by atoms with Crippen LogP contribution in [-0.4, -0.2) is 34.3 Å². The first-order valence-electron chi connectivity index (χ1n) is 6.04. The van der Waals surface area contributed by atoms with E-state index < -0.39 is 23.6 Å². The Balaban J connectivity index is 1.85. The van der Waals surface area contributed by atoms with Crippen LogP contribution in [0.4, 0.5) is 18.9 Å². The van der Waals surface area contributed by atoms with Crippen molar-refractivity contribution >= 4 is 38.0 Å². The summed E-state index contributed by atoms with van der Waals surface area (Å²) >= 11 is 1.28. The smallest absolute Gasteiger partial charge is 0.399 e. The summed E-state index contributed by atoms with van der Waals surface area (Å²) in [6, 6.07) is 5.20. The molecular weight excluding hydrogens is 325 g/mol. The van der Waals surface area contributed by atoms with Gasteiger partial charge in [0.2, 0.25) is 0 Å². The predicted molar refractivity (Wildman–Crippen MR) is 76.8 cm³/mol. The Morgan fingerprint density at radius 1 is 1.38 bits per heavy atom. The summed E-state index contributed by atoms with van der Waals surface area (Å²) in [5.41, 5.74) is 6.97. The van der Waals surface area contributed by atoms with Gasteiger partial charge in [0.25, 0.3) is 0 Å². The lowest BCUT2D eigenvalue weighted by atomic mass is 10.3. The van der Waals surface area contributed by atoms with Crippen LogP contribution in [0.1, 0.15) is 6.42 Å². The number of aromatic nitrogens is 1. The number of thiazole rings is 1. The van der Waals surface area contributed by atoms with E-state index in [2.05, 4.69) is 9.72 Å². The standard InChI is InChI=1S/C12H13F3N2O2S2/c13-12(14,15)7-19-4-1-5-21(18)11-17-9-3-2-8(16)6-10(9)20-11/h2-3,6H,1,4-5,7,16H2. The number of alkyl halides is 3. The Kier molecular flexibility index (Phi) is 5.17. The molecule has 0 fully saturated rings. The molecule has 1 atom stereocenters. The van der Waals surface area contributed by atoms with Crippen molar-refractivity contribution in [1.29, 1.82) is 0 Å². The van der Waals surface area contributed by atoms with E-state index in [0.29, 0.717) is 15.5 Å². The zero-order chi connectivity index (χ0) is 15.5. The maximum absolute atomic E-state index is 12.0. The van der Waals surface area contributed by atoms with Crippen LogP contribution in [0, 0.1) is 0 Å². The molecule has 0 aliphatic carbocycles. The van der Waals surface area contributed by atoms with Gasteiger partial charge in [-0.15, -0.1) is 11.3 Å². The largest absolute Gasteiger partial charge is 0.411 e. The SMILES string of the molecule is Nc1ccc2nc(S(=O)CCCOCC(F)(F)F)sc2c1. The topological polar surface area (TPSA) is 65.2 Å². The Bertz CT molecular complexity index is 643. The number of anilines is 1. The molecule has 1 aromatic carbocycles. The van der Waals surface area contributed by atoms with Gasteiger partial charge < -0.3 is 10.5 Å². The third kappa shape index (κ3) is 4.94. The molecule has 116 valence electrons. The molecular formula is C12H13F3N2O2S2. The molecule has 0 saturated heterocycles. The number of hydrogen-bond acceptors (Lipinski definition) is 5. The molecule has 4 nitrogen and oxygen atoms in total. The molecule has 21 heavy (non-hydrogen) atoms. The van der Waals surface area contributed by atoms with Crippen molar-refractivity contribution in [3.05, 3.63) is 18.2 Å². The highest BCUT2D eigenvalue weighted by Gasteiger charge is 2.27. The number of halogens is 3. The third-order valence-electron chi connectivity index (χ3n) is 2.47. The fourth-order valence-corrected chi connectivity index (χ4v) is 3.98. The van der Waals surface area contributed by atoms with Gasteiger partial charge in [-0.05, 0) is 24.6 Å². The second-order valence-corrected chi connectivity index (χ2v) is 7.05. The van der Waals surface area contributed by atoms with E-state index in [1.54, 1.807) is 18.2 Å². The van der Waals surface area contributed by atoms with Gasteiger partial charge in [-0.1, -0.05) is 0 Å². The fourth-order valence-electron chi connectivity index (χ4n) is 1.58. The van der Waals surface area contributed by atoms with Crippen molar-refractivity contribution in [3.8, 4) is 0 Å². The molecule has 0 bridgehead atoms. The summed E-state index contributed by atoms with van der Waals surface area (Å²) in [7, 11) is -1.34. The zero-order valence-electron chi connectivity index (χ0n) is 10.9. The fraction of sp³-hybridized carbons (Fsp3) is 0.417. The summed E-state index contributed by atoms with van der Waals surface area (Å²) in [5, 5.41) is 0. The van der Waals surface area contributed by atoms with E-state index >= 15 is 0 Å². The highest BCUT2D eigenvalue weighted by molar-refractivity contribution is 7.87. The van der Waals surface area contributed by atoms with Crippen LogP contribution in [0.15, 0.2) is 22.5 Å². The molecule has 0 spiro atoms. The minimum Gasteiger partial charge on any atom is -0.399 e.